The van der Waals surface area contributed by atoms with Crippen LogP contribution in [0.2, 0.25) is 0 Å². The fraction of sp³-hybridized carbons (Fsp3) is 0.643. The van der Waals surface area contributed by atoms with Crippen molar-refractivity contribution in [1.29, 1.82) is 0 Å². The minimum atomic E-state index is -0.975. The van der Waals surface area contributed by atoms with E-state index in [4.69, 9.17) is 9.84 Å². The summed E-state index contributed by atoms with van der Waals surface area (Å²) >= 11 is 0. The molecule has 1 aromatic heterocycles. The zero-order valence-electron chi connectivity index (χ0n) is 11.7. The van der Waals surface area contributed by atoms with Crippen LogP contribution in [0, 0.1) is 13.8 Å². The summed E-state index contributed by atoms with van der Waals surface area (Å²) in [4.78, 5) is 20.0. The van der Waals surface area contributed by atoms with E-state index >= 15 is 0 Å². The van der Waals surface area contributed by atoms with Gasteiger partial charge in [-0.15, -0.1) is 0 Å². The zero-order chi connectivity index (χ0) is 14.0. The molecule has 1 heterocycles. The molecule has 1 saturated carbocycles. The lowest BCUT2D eigenvalue weighted by molar-refractivity contribution is -0.0517. The molecule has 0 bridgehead atoms. The largest absolute Gasteiger partial charge is 0.478 e. The molecule has 1 aromatic rings. The highest BCUT2D eigenvalue weighted by molar-refractivity contribution is 5.89. The van der Waals surface area contributed by atoms with Gasteiger partial charge in [-0.1, -0.05) is 19.3 Å². The Labute approximate surface area is 113 Å². The van der Waals surface area contributed by atoms with Crippen molar-refractivity contribution in [1.82, 2.24) is 9.97 Å². The molecule has 5 nitrogen and oxygen atoms in total. The lowest BCUT2D eigenvalue weighted by atomic mass is 9.83. The van der Waals surface area contributed by atoms with Crippen LogP contribution in [-0.4, -0.2) is 28.2 Å². The maximum Gasteiger partial charge on any atom is 0.339 e. The van der Waals surface area contributed by atoms with Crippen LogP contribution in [0.5, 0.6) is 0 Å². The van der Waals surface area contributed by atoms with Crippen molar-refractivity contribution < 1.29 is 14.6 Å². The van der Waals surface area contributed by atoms with Gasteiger partial charge in [0.15, 0.2) is 5.82 Å². The van der Waals surface area contributed by atoms with Crippen LogP contribution in [0.15, 0.2) is 0 Å². The quantitative estimate of drug-likeness (QED) is 0.908. The second-order valence-electron chi connectivity index (χ2n) is 5.16. The van der Waals surface area contributed by atoms with Crippen LogP contribution in [-0.2, 0) is 10.3 Å². The summed E-state index contributed by atoms with van der Waals surface area (Å²) in [6.45, 7) is 3.43. The Morgan fingerprint density at radius 1 is 1.16 bits per heavy atom. The van der Waals surface area contributed by atoms with E-state index in [1.807, 2.05) is 0 Å². The normalized spacial score (nSPS) is 18.3. The van der Waals surface area contributed by atoms with Crippen LogP contribution in [0.1, 0.15) is 59.7 Å². The third-order valence-electron chi connectivity index (χ3n) is 3.94. The van der Waals surface area contributed by atoms with E-state index in [0.29, 0.717) is 17.2 Å². The summed E-state index contributed by atoms with van der Waals surface area (Å²) in [7, 11) is 1.68. The van der Waals surface area contributed by atoms with Crippen LogP contribution < -0.4 is 0 Å². The average molecular weight is 264 g/mol. The number of ether oxygens (including phenoxy) is 1. The maximum absolute atomic E-state index is 11.2. The number of aryl methyl sites for hydroxylation is 2. The molecule has 0 spiro atoms. The minimum Gasteiger partial charge on any atom is -0.478 e. The Morgan fingerprint density at radius 3 is 2.11 bits per heavy atom. The lowest BCUT2D eigenvalue weighted by Crippen LogP contribution is -2.34. The Bertz CT molecular complexity index is 470. The Hall–Kier alpha value is -1.49. The second-order valence-corrected chi connectivity index (χ2v) is 5.16. The monoisotopic (exact) mass is 264 g/mol. The second kappa shape index (κ2) is 5.25. The Kier molecular flexibility index (Phi) is 3.85. The number of nitrogens with zero attached hydrogens (tertiary/aromatic N) is 2. The summed E-state index contributed by atoms with van der Waals surface area (Å²) in [5.41, 5.74) is 0.782. The highest BCUT2D eigenvalue weighted by Crippen LogP contribution is 2.38. The number of carboxylic acid groups (broad SMARTS) is 1. The molecule has 1 aliphatic carbocycles. The van der Waals surface area contributed by atoms with Crippen molar-refractivity contribution >= 4 is 5.97 Å². The van der Waals surface area contributed by atoms with Gasteiger partial charge in [0.1, 0.15) is 11.2 Å². The van der Waals surface area contributed by atoms with E-state index in [1.54, 1.807) is 21.0 Å². The number of rotatable bonds is 3. The predicted octanol–water partition coefficient (Wildman–Crippen LogP) is 2.60. The van der Waals surface area contributed by atoms with E-state index in [1.165, 1.54) is 6.42 Å². The smallest absolute Gasteiger partial charge is 0.339 e. The molecule has 0 radical (unpaired) electrons. The first kappa shape index (κ1) is 13.9. The molecule has 1 N–H and O–H groups in total. The maximum atomic E-state index is 11.2. The number of aromatic carboxylic acids is 1. The minimum absolute atomic E-state index is 0.200. The number of methoxy groups -OCH3 is 1. The number of carboxylic acids is 1. The Morgan fingerprint density at radius 2 is 1.68 bits per heavy atom. The van der Waals surface area contributed by atoms with Gasteiger partial charge >= 0.3 is 5.97 Å². The molecule has 2 rings (SSSR count). The fourth-order valence-corrected chi connectivity index (χ4v) is 2.87. The molecule has 0 amide bonds. The first-order valence-corrected chi connectivity index (χ1v) is 6.64. The van der Waals surface area contributed by atoms with Gasteiger partial charge in [0.2, 0.25) is 0 Å². The summed E-state index contributed by atoms with van der Waals surface area (Å²) in [5.74, 6) is -0.341. The van der Waals surface area contributed by atoms with Crippen LogP contribution in [0.3, 0.4) is 0 Å². The molecule has 0 aliphatic heterocycles. The molecular formula is C14H20N2O3. The van der Waals surface area contributed by atoms with Crippen molar-refractivity contribution in [3.8, 4) is 0 Å². The van der Waals surface area contributed by atoms with Gasteiger partial charge in [0, 0.05) is 7.11 Å². The molecular weight excluding hydrogens is 244 g/mol. The Balaban J connectivity index is 2.48. The molecule has 0 saturated heterocycles. The first-order valence-electron chi connectivity index (χ1n) is 6.64. The molecule has 5 heteroatoms. The predicted molar refractivity (Wildman–Crippen MR) is 70.2 cm³/mol. The van der Waals surface area contributed by atoms with Crippen molar-refractivity contribution in [2.75, 3.05) is 7.11 Å². The molecule has 0 unspecified atom stereocenters. The molecule has 1 fully saturated rings. The number of aromatic nitrogens is 2. The highest BCUT2D eigenvalue weighted by Gasteiger charge is 2.37. The third kappa shape index (κ3) is 2.47. The van der Waals surface area contributed by atoms with Gasteiger partial charge in [-0.25, -0.2) is 14.8 Å². The van der Waals surface area contributed by atoms with Crippen LogP contribution in [0.25, 0.3) is 0 Å². The SMILES string of the molecule is COC1(c2nc(C)c(C(=O)O)c(C)n2)CCCCC1. The molecule has 104 valence electrons. The van der Waals surface area contributed by atoms with E-state index in [2.05, 4.69) is 9.97 Å². The third-order valence-corrected chi connectivity index (χ3v) is 3.94. The lowest BCUT2D eigenvalue weighted by Gasteiger charge is -2.34. The average Bonchev–Trinajstić information content (AvgIpc) is 2.38. The van der Waals surface area contributed by atoms with E-state index < -0.39 is 11.6 Å². The topological polar surface area (TPSA) is 72.3 Å². The van der Waals surface area contributed by atoms with Crippen molar-refractivity contribution in [2.24, 2.45) is 0 Å². The van der Waals surface area contributed by atoms with Crippen molar-refractivity contribution in [2.45, 2.75) is 51.6 Å². The first-order chi connectivity index (χ1) is 9.00. The van der Waals surface area contributed by atoms with E-state index in [9.17, 15) is 4.79 Å². The van der Waals surface area contributed by atoms with Gasteiger partial charge in [-0.2, -0.15) is 0 Å². The summed E-state index contributed by atoms with van der Waals surface area (Å²) in [6.07, 6.45) is 5.19. The molecule has 0 aromatic carbocycles. The number of carbonyl (C=O) groups is 1. The van der Waals surface area contributed by atoms with Gasteiger partial charge in [-0.3, -0.25) is 0 Å². The summed E-state index contributed by atoms with van der Waals surface area (Å²) < 4.78 is 5.70. The number of hydrogen-bond acceptors (Lipinski definition) is 4. The molecule has 19 heavy (non-hydrogen) atoms. The standard InChI is InChI=1S/C14H20N2O3/c1-9-11(12(17)18)10(2)16-13(15-9)14(19-3)7-5-4-6-8-14/h4-8H2,1-3H3,(H,17,18). The van der Waals surface area contributed by atoms with Gasteiger partial charge in [0.25, 0.3) is 0 Å². The van der Waals surface area contributed by atoms with E-state index in [-0.39, 0.29) is 5.56 Å². The summed E-state index contributed by atoms with van der Waals surface area (Å²) in [5, 5.41) is 9.16. The van der Waals surface area contributed by atoms with Gasteiger partial charge < -0.3 is 9.84 Å². The van der Waals surface area contributed by atoms with E-state index in [0.717, 1.165) is 25.7 Å². The fourth-order valence-electron chi connectivity index (χ4n) is 2.87. The van der Waals surface area contributed by atoms with Crippen LogP contribution in [0.4, 0.5) is 0 Å². The summed E-state index contributed by atoms with van der Waals surface area (Å²) in [6, 6.07) is 0. The highest BCUT2D eigenvalue weighted by atomic mass is 16.5. The number of hydrogen-bond donors (Lipinski definition) is 1. The van der Waals surface area contributed by atoms with Crippen LogP contribution >= 0.6 is 0 Å². The molecule has 1 aliphatic rings. The van der Waals surface area contributed by atoms with Crippen molar-refractivity contribution in [3.05, 3.63) is 22.8 Å². The molecule has 0 atom stereocenters. The van der Waals surface area contributed by atoms with Gasteiger partial charge in [-0.05, 0) is 26.7 Å². The van der Waals surface area contributed by atoms with Gasteiger partial charge in [0.05, 0.1) is 11.4 Å². The zero-order valence-corrected chi connectivity index (χ0v) is 11.7. The van der Waals surface area contributed by atoms with Crippen molar-refractivity contribution in [3.63, 3.8) is 0 Å².